The maximum absolute atomic E-state index is 12.4. The fraction of sp³-hybridized carbons (Fsp3) is 0.278. The Morgan fingerprint density at radius 1 is 0.880 bits per heavy atom. The van der Waals surface area contributed by atoms with Gasteiger partial charge in [-0.25, -0.2) is 4.79 Å². The van der Waals surface area contributed by atoms with Crippen LogP contribution < -0.4 is 15.5 Å². The number of pyridine rings is 1. The zero-order chi connectivity index (χ0) is 17.6. The lowest BCUT2D eigenvalue weighted by Crippen LogP contribution is -2.50. The van der Waals surface area contributed by atoms with Crippen molar-refractivity contribution < 1.29 is 9.59 Å². The molecule has 3 rings (SSSR count). The molecule has 25 heavy (non-hydrogen) atoms. The van der Waals surface area contributed by atoms with Gasteiger partial charge in [0.05, 0.1) is 0 Å². The van der Waals surface area contributed by atoms with Crippen molar-refractivity contribution in [3.8, 4) is 0 Å². The molecule has 0 bridgehead atoms. The lowest BCUT2D eigenvalue weighted by atomic mass is 10.2. The molecule has 2 N–H and O–H groups in total. The minimum absolute atomic E-state index is 0.110. The zero-order valence-electron chi connectivity index (χ0n) is 14.1. The first-order valence-corrected chi connectivity index (χ1v) is 8.20. The van der Waals surface area contributed by atoms with Crippen LogP contribution in [0.5, 0.6) is 0 Å². The van der Waals surface area contributed by atoms with Gasteiger partial charge in [0.25, 0.3) is 0 Å². The van der Waals surface area contributed by atoms with Crippen LogP contribution >= 0.6 is 0 Å². The van der Waals surface area contributed by atoms with E-state index in [1.807, 2.05) is 12.1 Å². The normalized spacial score (nSPS) is 14.1. The van der Waals surface area contributed by atoms with E-state index in [0.29, 0.717) is 24.5 Å². The number of hydrogen-bond donors (Lipinski definition) is 2. The first-order chi connectivity index (χ1) is 12.1. The van der Waals surface area contributed by atoms with Crippen molar-refractivity contribution in [1.82, 2.24) is 9.88 Å². The van der Waals surface area contributed by atoms with E-state index in [1.54, 1.807) is 41.6 Å². The van der Waals surface area contributed by atoms with Crippen LogP contribution in [0.25, 0.3) is 0 Å². The number of amides is 3. The monoisotopic (exact) mass is 339 g/mol. The molecule has 0 aliphatic carbocycles. The van der Waals surface area contributed by atoms with Crippen molar-refractivity contribution >= 4 is 29.0 Å². The van der Waals surface area contributed by atoms with Crippen LogP contribution in [0.1, 0.15) is 6.92 Å². The third-order valence-electron chi connectivity index (χ3n) is 4.05. The van der Waals surface area contributed by atoms with E-state index in [2.05, 4.69) is 20.5 Å². The summed E-state index contributed by atoms with van der Waals surface area (Å²) in [6, 6.07) is 10.9. The van der Waals surface area contributed by atoms with Gasteiger partial charge in [-0.15, -0.1) is 0 Å². The van der Waals surface area contributed by atoms with Crippen molar-refractivity contribution in [2.45, 2.75) is 6.92 Å². The number of nitrogens with zero attached hydrogens (tertiary/aromatic N) is 3. The molecule has 0 atom stereocenters. The second-order valence-corrected chi connectivity index (χ2v) is 5.87. The SMILES string of the molecule is CC(=O)Nc1ccc(NC(=O)N2CCN(c3ccncc3)CC2)cc1. The van der Waals surface area contributed by atoms with Crippen molar-refractivity contribution in [3.63, 3.8) is 0 Å². The molecule has 2 heterocycles. The predicted molar refractivity (Wildman–Crippen MR) is 97.8 cm³/mol. The molecule has 7 nitrogen and oxygen atoms in total. The Balaban J connectivity index is 1.52. The van der Waals surface area contributed by atoms with Crippen molar-refractivity contribution in [1.29, 1.82) is 0 Å². The average Bonchev–Trinajstić information content (AvgIpc) is 2.64. The third kappa shape index (κ3) is 4.47. The first kappa shape index (κ1) is 16.8. The molecule has 1 aliphatic rings. The fourth-order valence-corrected chi connectivity index (χ4v) is 2.77. The number of carbonyl (C=O) groups is 2. The molecule has 1 aromatic carbocycles. The smallest absolute Gasteiger partial charge is 0.321 e. The maximum Gasteiger partial charge on any atom is 0.321 e. The minimum atomic E-state index is -0.121. The molecule has 7 heteroatoms. The standard InChI is InChI=1S/C18H21N5O2/c1-14(24)20-15-2-4-16(5-3-15)21-18(25)23-12-10-22(11-13-23)17-6-8-19-9-7-17/h2-9H,10-13H2,1H3,(H,20,24)(H,21,25). The second-order valence-electron chi connectivity index (χ2n) is 5.87. The van der Waals surface area contributed by atoms with E-state index in [4.69, 9.17) is 0 Å². The summed E-state index contributed by atoms with van der Waals surface area (Å²) < 4.78 is 0. The van der Waals surface area contributed by atoms with Crippen LogP contribution in [0.3, 0.4) is 0 Å². The van der Waals surface area contributed by atoms with Gasteiger partial charge in [-0.05, 0) is 36.4 Å². The molecule has 0 unspecified atom stereocenters. The molecule has 0 spiro atoms. The van der Waals surface area contributed by atoms with Crippen LogP contribution in [-0.2, 0) is 4.79 Å². The maximum atomic E-state index is 12.4. The number of urea groups is 1. The van der Waals surface area contributed by atoms with Crippen LogP contribution in [0, 0.1) is 0 Å². The summed E-state index contributed by atoms with van der Waals surface area (Å²) in [7, 11) is 0. The predicted octanol–water partition coefficient (Wildman–Crippen LogP) is 2.39. The highest BCUT2D eigenvalue weighted by Crippen LogP contribution is 2.17. The van der Waals surface area contributed by atoms with Gasteiger partial charge in [-0.1, -0.05) is 0 Å². The number of aromatic nitrogens is 1. The number of piperazine rings is 1. The van der Waals surface area contributed by atoms with Crippen molar-refractivity contribution in [3.05, 3.63) is 48.8 Å². The quantitative estimate of drug-likeness (QED) is 0.900. The Morgan fingerprint density at radius 3 is 2.00 bits per heavy atom. The van der Waals surface area contributed by atoms with Gasteiger partial charge in [-0.3, -0.25) is 9.78 Å². The Labute approximate surface area is 146 Å². The Kier molecular flexibility index (Phi) is 5.13. The zero-order valence-corrected chi connectivity index (χ0v) is 14.1. The van der Waals surface area contributed by atoms with Gasteiger partial charge in [-0.2, -0.15) is 0 Å². The number of anilines is 3. The van der Waals surface area contributed by atoms with E-state index in [-0.39, 0.29) is 11.9 Å². The summed E-state index contributed by atoms with van der Waals surface area (Å²) in [5.74, 6) is -0.121. The molecule has 0 saturated carbocycles. The van der Waals surface area contributed by atoms with Gasteiger partial charge >= 0.3 is 6.03 Å². The lowest BCUT2D eigenvalue weighted by Gasteiger charge is -2.36. The molecule has 0 radical (unpaired) electrons. The van der Waals surface area contributed by atoms with Crippen LogP contribution in [0.2, 0.25) is 0 Å². The number of nitrogens with one attached hydrogen (secondary N) is 2. The summed E-state index contributed by atoms with van der Waals surface area (Å²) >= 11 is 0. The van der Waals surface area contributed by atoms with Crippen LogP contribution in [0.4, 0.5) is 21.9 Å². The number of hydrogen-bond acceptors (Lipinski definition) is 4. The molecular weight excluding hydrogens is 318 g/mol. The Hall–Kier alpha value is -3.09. The van der Waals surface area contributed by atoms with Gasteiger partial charge in [0, 0.05) is 62.6 Å². The molecule has 1 fully saturated rings. The van der Waals surface area contributed by atoms with Crippen molar-refractivity contribution in [2.75, 3.05) is 41.7 Å². The van der Waals surface area contributed by atoms with Gasteiger partial charge in [0.1, 0.15) is 0 Å². The number of rotatable bonds is 3. The third-order valence-corrected chi connectivity index (χ3v) is 4.05. The van der Waals surface area contributed by atoms with Gasteiger partial charge in [0.2, 0.25) is 5.91 Å². The fourth-order valence-electron chi connectivity index (χ4n) is 2.77. The Morgan fingerprint density at radius 2 is 1.44 bits per heavy atom. The molecule has 2 aromatic rings. The first-order valence-electron chi connectivity index (χ1n) is 8.20. The molecule has 130 valence electrons. The van der Waals surface area contributed by atoms with E-state index >= 15 is 0 Å². The highest BCUT2D eigenvalue weighted by Gasteiger charge is 2.21. The van der Waals surface area contributed by atoms with E-state index in [1.165, 1.54) is 6.92 Å². The summed E-state index contributed by atoms with van der Waals surface area (Å²) in [5, 5.41) is 5.59. The van der Waals surface area contributed by atoms with Gasteiger partial charge < -0.3 is 20.4 Å². The van der Waals surface area contributed by atoms with E-state index < -0.39 is 0 Å². The van der Waals surface area contributed by atoms with Crippen LogP contribution in [0.15, 0.2) is 48.8 Å². The summed E-state index contributed by atoms with van der Waals surface area (Å²) in [5.41, 5.74) is 2.54. The Bertz CT molecular complexity index is 725. The van der Waals surface area contributed by atoms with Crippen molar-refractivity contribution in [2.24, 2.45) is 0 Å². The van der Waals surface area contributed by atoms with E-state index in [0.717, 1.165) is 18.8 Å². The minimum Gasteiger partial charge on any atom is -0.368 e. The molecule has 1 aromatic heterocycles. The van der Waals surface area contributed by atoms with E-state index in [9.17, 15) is 9.59 Å². The highest BCUT2D eigenvalue weighted by atomic mass is 16.2. The largest absolute Gasteiger partial charge is 0.368 e. The van der Waals surface area contributed by atoms with Gasteiger partial charge in [0.15, 0.2) is 0 Å². The second kappa shape index (κ2) is 7.65. The molecule has 1 saturated heterocycles. The topological polar surface area (TPSA) is 77.6 Å². The summed E-state index contributed by atoms with van der Waals surface area (Å²) in [4.78, 5) is 31.5. The molecular formula is C18H21N5O2. The molecule has 3 amide bonds. The summed E-state index contributed by atoms with van der Waals surface area (Å²) in [6.07, 6.45) is 3.55. The lowest BCUT2D eigenvalue weighted by molar-refractivity contribution is -0.114. The number of benzene rings is 1. The average molecular weight is 339 g/mol. The number of carbonyl (C=O) groups excluding carboxylic acids is 2. The summed E-state index contributed by atoms with van der Waals surface area (Å²) in [6.45, 7) is 4.37. The highest BCUT2D eigenvalue weighted by molar-refractivity contribution is 5.91. The molecule has 1 aliphatic heterocycles. The van der Waals surface area contributed by atoms with Crippen LogP contribution in [-0.4, -0.2) is 48.0 Å².